The Morgan fingerprint density at radius 1 is 1.24 bits per heavy atom. The molecule has 1 unspecified atom stereocenters. The standard InChI is InChI=1S/C22H19FN6O4/c23-16-8-19-13(6-20-21(32-22(31)29(19)20)10-28-4-3-25-27-28)5-15(16)12-1-2-17(24-9-12)18-7-14(11-30)33-26-18/h1-5,8-9,14,20-21,30H,6-7,10-11H2/t14?,20-,21-/m0/s1. The fourth-order valence-corrected chi connectivity index (χ4v) is 4.58. The number of aliphatic hydroxyl groups is 1. The van der Waals surface area contributed by atoms with Crippen LogP contribution in [0.2, 0.25) is 0 Å². The first-order chi connectivity index (χ1) is 16.1. The van der Waals surface area contributed by atoms with Crippen molar-refractivity contribution in [2.24, 2.45) is 5.16 Å². The first kappa shape index (κ1) is 19.8. The van der Waals surface area contributed by atoms with E-state index in [4.69, 9.17) is 9.57 Å². The van der Waals surface area contributed by atoms with Crippen molar-refractivity contribution in [2.45, 2.75) is 37.6 Å². The van der Waals surface area contributed by atoms with E-state index in [0.717, 1.165) is 5.56 Å². The number of cyclic esters (lactones) is 1. The number of ether oxygens (including phenoxy) is 1. The normalized spacial score (nSPS) is 23.2. The highest BCUT2D eigenvalue weighted by Crippen LogP contribution is 2.42. The fourth-order valence-electron chi connectivity index (χ4n) is 4.58. The molecule has 0 radical (unpaired) electrons. The largest absolute Gasteiger partial charge is 0.442 e. The molecule has 5 heterocycles. The Labute approximate surface area is 187 Å². The second-order valence-electron chi connectivity index (χ2n) is 8.23. The fraction of sp³-hybridized carbons (Fsp3) is 0.318. The zero-order chi connectivity index (χ0) is 22.5. The van der Waals surface area contributed by atoms with E-state index in [1.54, 1.807) is 41.5 Å². The predicted molar refractivity (Wildman–Crippen MR) is 113 cm³/mol. The lowest BCUT2D eigenvalue weighted by Crippen LogP contribution is -2.35. The first-order valence-electron chi connectivity index (χ1n) is 10.6. The summed E-state index contributed by atoms with van der Waals surface area (Å²) in [6.45, 7) is 0.267. The molecule has 3 atom stereocenters. The molecule has 0 aliphatic carbocycles. The molecule has 1 saturated heterocycles. The van der Waals surface area contributed by atoms with E-state index in [-0.39, 0.29) is 18.8 Å². The molecule has 1 amide bonds. The zero-order valence-corrected chi connectivity index (χ0v) is 17.3. The lowest BCUT2D eigenvalue weighted by molar-refractivity contribution is 0.0390. The number of hydrogen-bond donors (Lipinski definition) is 1. The summed E-state index contributed by atoms with van der Waals surface area (Å²) in [4.78, 5) is 23.6. The second-order valence-corrected chi connectivity index (χ2v) is 8.23. The van der Waals surface area contributed by atoms with Gasteiger partial charge in [0.1, 0.15) is 17.6 Å². The van der Waals surface area contributed by atoms with E-state index in [2.05, 4.69) is 20.5 Å². The van der Waals surface area contributed by atoms with E-state index in [1.807, 2.05) is 0 Å². The van der Waals surface area contributed by atoms with Gasteiger partial charge in [-0.25, -0.2) is 13.9 Å². The van der Waals surface area contributed by atoms with Crippen LogP contribution in [0, 0.1) is 5.82 Å². The van der Waals surface area contributed by atoms with Crippen molar-refractivity contribution >= 4 is 17.5 Å². The summed E-state index contributed by atoms with van der Waals surface area (Å²) in [6.07, 6.45) is 4.64. The van der Waals surface area contributed by atoms with Crippen LogP contribution in [-0.2, 0) is 22.5 Å². The number of fused-ring (bicyclic) bond motifs is 3. The third-order valence-electron chi connectivity index (χ3n) is 6.21. The zero-order valence-electron chi connectivity index (χ0n) is 17.3. The topological polar surface area (TPSA) is 115 Å². The van der Waals surface area contributed by atoms with Crippen LogP contribution < -0.4 is 4.90 Å². The Balaban J connectivity index is 1.26. The molecule has 6 rings (SSSR count). The highest BCUT2D eigenvalue weighted by Gasteiger charge is 2.48. The molecule has 0 saturated carbocycles. The summed E-state index contributed by atoms with van der Waals surface area (Å²) in [5, 5.41) is 20.9. The summed E-state index contributed by atoms with van der Waals surface area (Å²) < 4.78 is 22.3. The molecule has 2 aromatic heterocycles. The molecule has 1 fully saturated rings. The molecule has 1 aromatic carbocycles. The molecule has 168 valence electrons. The number of carbonyl (C=O) groups excluding carboxylic acids is 1. The summed E-state index contributed by atoms with van der Waals surface area (Å²) in [5.74, 6) is -0.446. The van der Waals surface area contributed by atoms with Crippen LogP contribution in [0.3, 0.4) is 0 Å². The molecule has 0 spiro atoms. The van der Waals surface area contributed by atoms with Gasteiger partial charge < -0.3 is 14.7 Å². The quantitative estimate of drug-likeness (QED) is 0.631. The Morgan fingerprint density at radius 3 is 2.88 bits per heavy atom. The highest BCUT2D eigenvalue weighted by molar-refractivity contribution is 6.00. The molecule has 1 N–H and O–H groups in total. The maximum absolute atomic E-state index is 15.1. The molecular formula is C22H19FN6O4. The van der Waals surface area contributed by atoms with Crippen LogP contribution in [0.4, 0.5) is 14.9 Å². The van der Waals surface area contributed by atoms with E-state index in [9.17, 15) is 9.90 Å². The Hall–Kier alpha value is -3.86. The third-order valence-corrected chi connectivity index (χ3v) is 6.21. The van der Waals surface area contributed by atoms with Gasteiger partial charge in [0, 0.05) is 29.9 Å². The number of carbonyl (C=O) groups is 1. The number of aliphatic hydroxyl groups excluding tert-OH is 1. The molecule has 3 aromatic rings. The van der Waals surface area contributed by atoms with Crippen molar-refractivity contribution in [1.82, 2.24) is 20.0 Å². The number of pyridine rings is 1. The van der Waals surface area contributed by atoms with Crippen LogP contribution in [0.25, 0.3) is 11.1 Å². The predicted octanol–water partition coefficient (Wildman–Crippen LogP) is 1.91. The Kier molecular flexibility index (Phi) is 4.57. The van der Waals surface area contributed by atoms with E-state index in [0.29, 0.717) is 47.6 Å². The number of halogens is 1. The van der Waals surface area contributed by atoms with Crippen molar-refractivity contribution in [3.05, 3.63) is 59.9 Å². The minimum atomic E-state index is -0.484. The van der Waals surface area contributed by atoms with Gasteiger partial charge in [0.2, 0.25) is 0 Å². The van der Waals surface area contributed by atoms with E-state index >= 15 is 4.39 Å². The lowest BCUT2D eigenvalue weighted by Gasteiger charge is -2.16. The molecule has 0 bridgehead atoms. The van der Waals surface area contributed by atoms with Crippen LogP contribution in [0.5, 0.6) is 0 Å². The summed E-state index contributed by atoms with van der Waals surface area (Å²) in [5.41, 5.74) is 3.70. The number of aromatic nitrogens is 4. The molecular weight excluding hydrogens is 431 g/mol. The highest BCUT2D eigenvalue weighted by atomic mass is 19.1. The number of amides is 1. The Morgan fingerprint density at radius 2 is 2.15 bits per heavy atom. The molecule has 11 heteroatoms. The maximum atomic E-state index is 15.1. The van der Waals surface area contributed by atoms with Crippen molar-refractivity contribution in [3.63, 3.8) is 0 Å². The number of benzene rings is 1. The van der Waals surface area contributed by atoms with Crippen LogP contribution in [0.15, 0.2) is 48.0 Å². The van der Waals surface area contributed by atoms with Gasteiger partial charge in [-0.05, 0) is 30.2 Å². The first-order valence-corrected chi connectivity index (χ1v) is 10.6. The van der Waals surface area contributed by atoms with Gasteiger partial charge in [0.15, 0.2) is 6.10 Å². The van der Waals surface area contributed by atoms with Crippen molar-refractivity contribution in [2.75, 3.05) is 11.5 Å². The van der Waals surface area contributed by atoms with Gasteiger partial charge in [-0.1, -0.05) is 16.4 Å². The van der Waals surface area contributed by atoms with Gasteiger partial charge in [-0.15, -0.1) is 5.10 Å². The van der Waals surface area contributed by atoms with E-state index < -0.39 is 18.0 Å². The minimum Gasteiger partial charge on any atom is -0.442 e. The smallest absolute Gasteiger partial charge is 0.415 e. The van der Waals surface area contributed by atoms with Gasteiger partial charge in [-0.3, -0.25) is 9.88 Å². The van der Waals surface area contributed by atoms with Gasteiger partial charge >= 0.3 is 6.09 Å². The summed E-state index contributed by atoms with van der Waals surface area (Å²) in [7, 11) is 0. The van der Waals surface area contributed by atoms with Gasteiger partial charge in [0.05, 0.1) is 36.8 Å². The average molecular weight is 450 g/mol. The molecule has 33 heavy (non-hydrogen) atoms. The lowest BCUT2D eigenvalue weighted by atomic mass is 9.99. The second kappa shape index (κ2) is 7.62. The monoisotopic (exact) mass is 450 g/mol. The number of hydrogen-bond acceptors (Lipinski definition) is 8. The summed E-state index contributed by atoms with van der Waals surface area (Å²) in [6, 6.07) is 6.47. The molecule has 3 aliphatic rings. The number of anilines is 1. The Bertz CT molecular complexity index is 1250. The van der Waals surface area contributed by atoms with Crippen LogP contribution in [-0.4, -0.2) is 61.7 Å². The number of nitrogens with zero attached hydrogens (tertiary/aromatic N) is 6. The van der Waals surface area contributed by atoms with E-state index in [1.165, 1.54) is 11.0 Å². The van der Waals surface area contributed by atoms with Gasteiger partial charge in [0.25, 0.3) is 0 Å². The minimum absolute atomic E-state index is 0.114. The van der Waals surface area contributed by atoms with Crippen molar-refractivity contribution in [1.29, 1.82) is 0 Å². The van der Waals surface area contributed by atoms with Crippen LogP contribution >= 0.6 is 0 Å². The number of oxime groups is 1. The van der Waals surface area contributed by atoms with Gasteiger partial charge in [-0.2, -0.15) is 0 Å². The average Bonchev–Trinajstić information content (AvgIpc) is 3.60. The van der Waals surface area contributed by atoms with Crippen LogP contribution in [0.1, 0.15) is 17.7 Å². The maximum Gasteiger partial charge on any atom is 0.415 e. The van der Waals surface area contributed by atoms with Crippen molar-refractivity contribution < 1.29 is 23.9 Å². The SMILES string of the molecule is O=C1O[C@@H](Cn2ccnn2)[C@@H]2Cc3cc(-c4ccc(C5=NOC(CO)C5)nc4)c(F)cc3N12. The summed E-state index contributed by atoms with van der Waals surface area (Å²) >= 11 is 0. The molecule has 10 nitrogen and oxygen atoms in total. The van der Waals surface area contributed by atoms with Crippen molar-refractivity contribution in [3.8, 4) is 11.1 Å². The number of rotatable bonds is 5. The third kappa shape index (κ3) is 3.32. The molecule has 3 aliphatic heterocycles.